The number of aromatic nitrogens is 1. The van der Waals surface area contributed by atoms with Gasteiger partial charge in [-0.3, -0.25) is 4.98 Å². The number of hydrogen-bond acceptors (Lipinski definition) is 4. The largest absolute Gasteiger partial charge is 0.490 e. The van der Waals surface area contributed by atoms with Crippen LogP contribution in [0.3, 0.4) is 0 Å². The van der Waals surface area contributed by atoms with E-state index < -0.39 is 7.12 Å². The predicted octanol–water partition coefficient (Wildman–Crippen LogP) is -1.66. The summed E-state index contributed by atoms with van der Waals surface area (Å²) in [6.45, 7) is 0. The molecule has 0 aromatic carbocycles. The minimum atomic E-state index is -1.49. The highest BCUT2D eigenvalue weighted by Crippen LogP contribution is 1.92. The molecule has 0 fully saturated rings. The average molecular weight is 138 g/mol. The lowest BCUT2D eigenvalue weighted by Crippen LogP contribution is -2.30. The van der Waals surface area contributed by atoms with Gasteiger partial charge in [-0.15, -0.1) is 0 Å². The summed E-state index contributed by atoms with van der Waals surface area (Å²) in [5, 5.41) is 17.2. The Kier molecular flexibility index (Phi) is 1.89. The van der Waals surface area contributed by atoms with Crippen LogP contribution in [0.1, 0.15) is 0 Å². The molecular weight excluding hydrogens is 131 g/mol. The number of nitrogens with zero attached hydrogens (tertiary/aromatic N) is 1. The standard InChI is InChI=1S/C5H7BN2O2/c7-5-1-4(6(9)10)2-8-3-5/h1-3,9-10H,7H2. The van der Waals surface area contributed by atoms with Crippen LogP contribution in [0.15, 0.2) is 18.5 Å². The van der Waals surface area contributed by atoms with Crippen molar-refractivity contribution in [3.8, 4) is 0 Å². The second kappa shape index (κ2) is 2.68. The Morgan fingerprint density at radius 3 is 2.50 bits per heavy atom. The van der Waals surface area contributed by atoms with Crippen LogP contribution in [0.25, 0.3) is 0 Å². The fourth-order valence-electron chi connectivity index (χ4n) is 0.618. The molecule has 0 bridgehead atoms. The Morgan fingerprint density at radius 1 is 1.40 bits per heavy atom. The number of anilines is 1. The van der Waals surface area contributed by atoms with Gasteiger partial charge in [-0.2, -0.15) is 0 Å². The molecule has 4 N–H and O–H groups in total. The molecule has 5 heteroatoms. The van der Waals surface area contributed by atoms with Crippen LogP contribution in [0.2, 0.25) is 0 Å². The van der Waals surface area contributed by atoms with E-state index in [-0.39, 0.29) is 0 Å². The SMILES string of the molecule is Nc1cncc(B(O)O)c1. The van der Waals surface area contributed by atoms with Gasteiger partial charge in [0.1, 0.15) is 0 Å². The Balaban J connectivity index is 2.96. The van der Waals surface area contributed by atoms with Crippen LogP contribution in [0.5, 0.6) is 0 Å². The van der Waals surface area contributed by atoms with Crippen molar-refractivity contribution in [1.29, 1.82) is 0 Å². The normalized spacial score (nSPS) is 9.40. The Morgan fingerprint density at radius 2 is 2.10 bits per heavy atom. The van der Waals surface area contributed by atoms with Crippen molar-refractivity contribution in [3.63, 3.8) is 0 Å². The van der Waals surface area contributed by atoms with Crippen molar-refractivity contribution in [2.45, 2.75) is 0 Å². The molecule has 0 aliphatic rings. The molecule has 1 rings (SSSR count). The third kappa shape index (κ3) is 1.46. The Labute approximate surface area is 58.5 Å². The fourth-order valence-corrected chi connectivity index (χ4v) is 0.618. The predicted molar refractivity (Wildman–Crippen MR) is 38.5 cm³/mol. The third-order valence-electron chi connectivity index (χ3n) is 1.08. The highest BCUT2D eigenvalue weighted by molar-refractivity contribution is 6.58. The number of rotatable bonds is 1. The lowest BCUT2D eigenvalue weighted by Gasteiger charge is -1.97. The van der Waals surface area contributed by atoms with Gasteiger partial charge in [0.05, 0.1) is 0 Å². The molecule has 0 aliphatic carbocycles. The molecule has 0 saturated heterocycles. The van der Waals surface area contributed by atoms with Crippen molar-refractivity contribution in [2.24, 2.45) is 0 Å². The molecule has 0 spiro atoms. The molecular formula is C5H7BN2O2. The topological polar surface area (TPSA) is 79.4 Å². The second-order valence-corrected chi connectivity index (χ2v) is 1.93. The van der Waals surface area contributed by atoms with Crippen LogP contribution in [0, 0.1) is 0 Å². The maximum Gasteiger partial charge on any atom is 0.490 e. The van der Waals surface area contributed by atoms with Crippen molar-refractivity contribution in [3.05, 3.63) is 18.5 Å². The number of nitrogens with two attached hydrogens (primary N) is 1. The fraction of sp³-hybridized carbons (Fsp3) is 0. The average Bonchev–Trinajstić information content (AvgIpc) is 1.88. The summed E-state index contributed by atoms with van der Waals surface area (Å²) in [7, 11) is -1.49. The quantitative estimate of drug-likeness (QED) is 0.406. The highest BCUT2D eigenvalue weighted by Gasteiger charge is 2.10. The minimum Gasteiger partial charge on any atom is -0.423 e. The first-order valence-electron chi connectivity index (χ1n) is 2.76. The monoisotopic (exact) mass is 138 g/mol. The van der Waals surface area contributed by atoms with Gasteiger partial charge in [0.2, 0.25) is 0 Å². The van der Waals surface area contributed by atoms with Gasteiger partial charge in [-0.25, -0.2) is 0 Å². The van der Waals surface area contributed by atoms with E-state index >= 15 is 0 Å². The third-order valence-corrected chi connectivity index (χ3v) is 1.08. The van der Waals surface area contributed by atoms with Crippen molar-refractivity contribution in [2.75, 3.05) is 5.73 Å². The van der Waals surface area contributed by atoms with Gasteiger partial charge < -0.3 is 15.8 Å². The van der Waals surface area contributed by atoms with Gasteiger partial charge in [0.25, 0.3) is 0 Å². The maximum atomic E-state index is 8.61. The zero-order valence-corrected chi connectivity index (χ0v) is 5.23. The van der Waals surface area contributed by atoms with E-state index in [4.69, 9.17) is 15.8 Å². The zero-order valence-electron chi connectivity index (χ0n) is 5.23. The van der Waals surface area contributed by atoms with Crippen LogP contribution in [-0.2, 0) is 0 Å². The van der Waals surface area contributed by atoms with Crippen molar-refractivity contribution < 1.29 is 10.0 Å². The van der Waals surface area contributed by atoms with Gasteiger partial charge in [-0.05, 0) is 6.07 Å². The van der Waals surface area contributed by atoms with E-state index in [0.29, 0.717) is 11.2 Å². The van der Waals surface area contributed by atoms with E-state index in [1.807, 2.05) is 0 Å². The highest BCUT2D eigenvalue weighted by atomic mass is 16.4. The summed E-state index contributed by atoms with van der Waals surface area (Å²) < 4.78 is 0. The summed E-state index contributed by atoms with van der Waals surface area (Å²) >= 11 is 0. The van der Waals surface area contributed by atoms with E-state index in [1.54, 1.807) is 0 Å². The maximum absolute atomic E-state index is 8.61. The Bertz CT molecular complexity index is 229. The van der Waals surface area contributed by atoms with Gasteiger partial charge in [0, 0.05) is 23.5 Å². The van der Waals surface area contributed by atoms with Gasteiger partial charge in [-0.1, -0.05) is 0 Å². The van der Waals surface area contributed by atoms with E-state index in [0.717, 1.165) is 0 Å². The molecule has 4 nitrogen and oxygen atoms in total. The first-order valence-corrected chi connectivity index (χ1v) is 2.76. The first-order chi connectivity index (χ1) is 4.70. The zero-order chi connectivity index (χ0) is 7.56. The summed E-state index contributed by atoms with van der Waals surface area (Å²) in [6.07, 6.45) is 2.78. The lowest BCUT2D eigenvalue weighted by atomic mass is 9.81. The summed E-state index contributed by atoms with van der Waals surface area (Å²) in [5.41, 5.74) is 6.04. The summed E-state index contributed by atoms with van der Waals surface area (Å²) in [6, 6.07) is 1.46. The Hall–Kier alpha value is -1.07. The van der Waals surface area contributed by atoms with Crippen LogP contribution in [-0.4, -0.2) is 22.2 Å². The second-order valence-electron chi connectivity index (χ2n) is 1.93. The molecule has 0 atom stereocenters. The van der Waals surface area contributed by atoms with Crippen LogP contribution < -0.4 is 11.2 Å². The number of pyridine rings is 1. The molecule has 1 aromatic rings. The smallest absolute Gasteiger partial charge is 0.423 e. The van der Waals surface area contributed by atoms with E-state index in [1.165, 1.54) is 18.5 Å². The molecule has 0 amide bonds. The number of hydrogen-bond donors (Lipinski definition) is 3. The van der Waals surface area contributed by atoms with Crippen LogP contribution in [0.4, 0.5) is 5.69 Å². The molecule has 0 unspecified atom stereocenters. The lowest BCUT2D eigenvalue weighted by molar-refractivity contribution is 0.425. The van der Waals surface area contributed by atoms with Crippen LogP contribution >= 0.6 is 0 Å². The molecule has 0 saturated carbocycles. The van der Waals surface area contributed by atoms with E-state index in [9.17, 15) is 0 Å². The molecule has 0 radical (unpaired) electrons. The first kappa shape index (κ1) is 7.05. The molecule has 1 heterocycles. The number of nitrogen functional groups attached to an aromatic ring is 1. The molecule has 1 aromatic heterocycles. The summed E-state index contributed by atoms with van der Waals surface area (Å²) in [4.78, 5) is 3.66. The molecule has 0 aliphatic heterocycles. The molecule has 52 valence electrons. The van der Waals surface area contributed by atoms with Crippen molar-refractivity contribution >= 4 is 18.3 Å². The molecule has 10 heavy (non-hydrogen) atoms. The summed E-state index contributed by atoms with van der Waals surface area (Å²) in [5.74, 6) is 0. The minimum absolute atomic E-state index is 0.306. The van der Waals surface area contributed by atoms with Gasteiger partial charge >= 0.3 is 7.12 Å². The van der Waals surface area contributed by atoms with Gasteiger partial charge in [0.15, 0.2) is 0 Å². The van der Waals surface area contributed by atoms with Crippen molar-refractivity contribution in [1.82, 2.24) is 4.98 Å². The van der Waals surface area contributed by atoms with E-state index in [2.05, 4.69) is 4.98 Å².